The minimum absolute atomic E-state index is 0.199. The van der Waals surface area contributed by atoms with Crippen LogP contribution < -0.4 is 0 Å². The molecule has 49 heavy (non-hydrogen) atoms. The summed E-state index contributed by atoms with van der Waals surface area (Å²) in [5.41, 5.74) is 12.3. The molecule has 234 valence electrons. The molecule has 0 aliphatic heterocycles. The van der Waals surface area contributed by atoms with Crippen molar-refractivity contribution in [3.05, 3.63) is 204 Å². The first-order valence-electron chi connectivity index (χ1n) is 17.6. The van der Waals surface area contributed by atoms with Gasteiger partial charge >= 0.3 is 0 Å². The molecular weight excluding hydrogens is 593 g/mol. The zero-order valence-corrected chi connectivity index (χ0v) is 27.2. The molecule has 0 fully saturated rings. The fourth-order valence-electron chi connectivity index (χ4n) is 8.65. The first-order valence-corrected chi connectivity index (χ1v) is 17.6. The normalized spacial score (nSPS) is 26.9. The van der Waals surface area contributed by atoms with Crippen molar-refractivity contribution in [2.45, 2.75) is 5.92 Å². The van der Waals surface area contributed by atoms with E-state index in [4.69, 9.17) is 4.42 Å². The molecule has 1 aromatic heterocycles. The lowest BCUT2D eigenvalue weighted by atomic mass is 9.71. The minimum Gasteiger partial charge on any atom is -0.456 e. The predicted octanol–water partition coefficient (Wildman–Crippen LogP) is 12.1. The first kappa shape index (κ1) is 28.4. The zero-order chi connectivity index (χ0) is 32.3. The van der Waals surface area contributed by atoms with Crippen molar-refractivity contribution in [1.29, 1.82) is 0 Å². The lowest BCUT2D eigenvalue weighted by Gasteiger charge is -2.31. The number of furan rings is 1. The summed E-state index contributed by atoms with van der Waals surface area (Å²) in [7, 11) is 0. The molecule has 4 aromatic rings. The molecule has 0 amide bonds. The molecule has 1 heteroatoms. The Morgan fingerprint density at radius 1 is 0.469 bits per heavy atom. The summed E-state index contributed by atoms with van der Waals surface area (Å²) in [4.78, 5) is 0. The summed E-state index contributed by atoms with van der Waals surface area (Å²) in [5.74, 6) is 3.03. The van der Waals surface area contributed by atoms with Crippen LogP contribution in [0.4, 0.5) is 0 Å². The van der Waals surface area contributed by atoms with Crippen molar-refractivity contribution >= 4 is 33.8 Å². The second-order valence-corrected chi connectivity index (χ2v) is 14.0. The number of allylic oxidation sites excluding steroid dienone is 21. The predicted molar refractivity (Wildman–Crippen MR) is 205 cm³/mol. The third kappa shape index (κ3) is 4.84. The number of benzene rings is 3. The van der Waals surface area contributed by atoms with E-state index >= 15 is 0 Å². The highest BCUT2D eigenvalue weighted by Crippen LogP contribution is 2.51. The van der Waals surface area contributed by atoms with Crippen LogP contribution in [0.2, 0.25) is 0 Å². The van der Waals surface area contributed by atoms with Gasteiger partial charge in [-0.05, 0) is 74.9 Å². The second-order valence-electron chi connectivity index (χ2n) is 14.0. The van der Waals surface area contributed by atoms with Crippen molar-refractivity contribution in [1.82, 2.24) is 0 Å². The Bertz CT molecular complexity index is 2270. The molecule has 3 aromatic carbocycles. The van der Waals surface area contributed by atoms with Crippen LogP contribution in [-0.4, -0.2) is 0 Å². The maximum Gasteiger partial charge on any atom is 0.135 e. The molecule has 6 aliphatic carbocycles. The van der Waals surface area contributed by atoms with Crippen LogP contribution in [-0.2, 0) is 0 Å². The lowest BCUT2D eigenvalue weighted by Crippen LogP contribution is -2.17. The van der Waals surface area contributed by atoms with E-state index in [0.717, 1.165) is 11.3 Å². The van der Waals surface area contributed by atoms with Crippen LogP contribution in [0.5, 0.6) is 0 Å². The topological polar surface area (TPSA) is 13.1 Å². The molecule has 0 radical (unpaired) electrons. The lowest BCUT2D eigenvalue weighted by molar-refractivity contribution is 0.581. The summed E-state index contributed by atoms with van der Waals surface area (Å²) < 4.78 is 6.76. The van der Waals surface area contributed by atoms with E-state index in [1.165, 1.54) is 55.5 Å². The fraction of sp³-hybridized carbons (Fsp3) is 0.125. The smallest absolute Gasteiger partial charge is 0.135 e. The Labute approximate surface area is 288 Å². The highest BCUT2D eigenvalue weighted by molar-refractivity contribution is 6.03. The molecule has 0 N–H and O–H groups in total. The average molecular weight is 629 g/mol. The molecule has 0 bridgehead atoms. The first-order chi connectivity index (χ1) is 24.3. The van der Waals surface area contributed by atoms with E-state index in [0.29, 0.717) is 23.7 Å². The van der Waals surface area contributed by atoms with Crippen LogP contribution in [0.3, 0.4) is 0 Å². The van der Waals surface area contributed by atoms with Crippen molar-refractivity contribution in [3.8, 4) is 11.1 Å². The molecule has 6 unspecified atom stereocenters. The summed E-state index contributed by atoms with van der Waals surface area (Å²) >= 11 is 0. The molecule has 6 aliphatic rings. The van der Waals surface area contributed by atoms with E-state index in [1.54, 1.807) is 0 Å². The monoisotopic (exact) mass is 628 g/mol. The third-order valence-electron chi connectivity index (χ3n) is 11.1. The summed E-state index contributed by atoms with van der Waals surface area (Å²) in [5, 5.41) is 1.22. The van der Waals surface area contributed by atoms with Crippen molar-refractivity contribution in [2.75, 3.05) is 0 Å². The summed E-state index contributed by atoms with van der Waals surface area (Å²) in [6.45, 7) is 0. The van der Waals surface area contributed by atoms with Gasteiger partial charge in [0.15, 0.2) is 0 Å². The second kappa shape index (κ2) is 11.5. The van der Waals surface area contributed by atoms with Gasteiger partial charge in [0, 0.05) is 46.5 Å². The van der Waals surface area contributed by atoms with E-state index < -0.39 is 0 Å². The molecule has 0 saturated carbocycles. The third-order valence-corrected chi connectivity index (χ3v) is 11.1. The Balaban J connectivity index is 1.16. The van der Waals surface area contributed by atoms with Gasteiger partial charge in [0.2, 0.25) is 0 Å². The molecule has 0 spiro atoms. The Hall–Kier alpha value is -5.66. The van der Waals surface area contributed by atoms with E-state index in [1.807, 2.05) is 0 Å². The highest BCUT2D eigenvalue weighted by Gasteiger charge is 2.35. The van der Waals surface area contributed by atoms with Gasteiger partial charge in [-0.3, -0.25) is 0 Å². The standard InChI is InChI=1S/C48H36O/c1-2-13-33(14-3-1)44-30-46-48(43-18-9-8-17-42(43)44)47-41(19-10-20-45(47)49-46)40-28-38(36-23-21-31-11-4-6-15-34(31)25-36)27-39(29-40)37-24-22-32-12-5-7-16-35(32)26-37/h1-32,34-35,42-43H. The number of hydrogen-bond acceptors (Lipinski definition) is 1. The van der Waals surface area contributed by atoms with E-state index in [2.05, 4.69) is 182 Å². The summed E-state index contributed by atoms with van der Waals surface area (Å²) in [6.07, 6.45) is 43.6. The molecule has 10 rings (SSSR count). The van der Waals surface area contributed by atoms with Gasteiger partial charge in [-0.25, -0.2) is 0 Å². The SMILES string of the molecule is C1=CC2C=CC(c3cc(C4=CC5C=CC=CC5C=C4)cc(-c4cccc5oc6c(c45)C4C=CC=CC4C(c4ccccc4)=C6)c3)=CC2C=C1. The minimum atomic E-state index is 0.199. The average Bonchev–Trinajstić information content (AvgIpc) is 3.56. The van der Waals surface area contributed by atoms with Gasteiger partial charge < -0.3 is 4.42 Å². The maximum absolute atomic E-state index is 6.76. The Kier molecular flexibility index (Phi) is 6.65. The number of fused-ring (bicyclic) bond motifs is 7. The molecular formula is C48H36O. The molecule has 1 nitrogen and oxygen atoms in total. The van der Waals surface area contributed by atoms with E-state index in [-0.39, 0.29) is 11.8 Å². The molecule has 6 atom stereocenters. The van der Waals surface area contributed by atoms with Gasteiger partial charge in [-0.1, -0.05) is 152 Å². The zero-order valence-electron chi connectivity index (χ0n) is 27.2. The Morgan fingerprint density at radius 3 is 1.73 bits per heavy atom. The van der Waals surface area contributed by atoms with Gasteiger partial charge in [0.1, 0.15) is 11.3 Å². The van der Waals surface area contributed by atoms with Crippen LogP contribution in [0, 0.1) is 29.6 Å². The molecule has 1 heterocycles. The summed E-state index contributed by atoms with van der Waals surface area (Å²) in [6, 6.07) is 24.6. The molecule has 0 saturated heterocycles. The Morgan fingerprint density at radius 2 is 1.06 bits per heavy atom. The van der Waals surface area contributed by atoms with Crippen LogP contribution in [0.1, 0.15) is 33.9 Å². The quantitative estimate of drug-likeness (QED) is 0.219. The van der Waals surface area contributed by atoms with Crippen LogP contribution in [0.15, 0.2) is 181 Å². The van der Waals surface area contributed by atoms with Crippen molar-refractivity contribution < 1.29 is 4.42 Å². The maximum atomic E-state index is 6.76. The van der Waals surface area contributed by atoms with Gasteiger partial charge in [-0.15, -0.1) is 0 Å². The van der Waals surface area contributed by atoms with Gasteiger partial charge in [0.05, 0.1) is 0 Å². The fourth-order valence-corrected chi connectivity index (χ4v) is 8.65. The van der Waals surface area contributed by atoms with Crippen molar-refractivity contribution in [2.24, 2.45) is 29.6 Å². The number of hydrogen-bond donors (Lipinski definition) is 0. The van der Waals surface area contributed by atoms with Crippen LogP contribution >= 0.6 is 0 Å². The highest BCUT2D eigenvalue weighted by atomic mass is 16.3. The number of rotatable bonds is 4. The van der Waals surface area contributed by atoms with Gasteiger partial charge in [-0.2, -0.15) is 0 Å². The van der Waals surface area contributed by atoms with Crippen LogP contribution in [0.25, 0.3) is 44.9 Å². The van der Waals surface area contributed by atoms with Gasteiger partial charge in [0.25, 0.3) is 0 Å². The largest absolute Gasteiger partial charge is 0.456 e. The van der Waals surface area contributed by atoms with E-state index in [9.17, 15) is 0 Å². The van der Waals surface area contributed by atoms with Crippen molar-refractivity contribution in [3.63, 3.8) is 0 Å².